The second kappa shape index (κ2) is 6.98. The lowest BCUT2D eigenvalue weighted by Gasteiger charge is -2.18. The van der Waals surface area contributed by atoms with E-state index in [2.05, 4.69) is 49.3 Å². The fourth-order valence-corrected chi connectivity index (χ4v) is 3.05. The molecular formula is C15H22N2OS. The van der Waals surface area contributed by atoms with Crippen molar-refractivity contribution in [3.05, 3.63) is 29.3 Å². The molecule has 0 aliphatic rings. The first kappa shape index (κ1) is 14.4. The van der Waals surface area contributed by atoms with Crippen LogP contribution in [0.15, 0.2) is 24.3 Å². The molecule has 0 spiro atoms. The van der Waals surface area contributed by atoms with Crippen molar-refractivity contribution in [2.24, 2.45) is 0 Å². The van der Waals surface area contributed by atoms with Gasteiger partial charge in [-0.2, -0.15) is 0 Å². The van der Waals surface area contributed by atoms with E-state index in [9.17, 15) is 0 Å². The molecular weight excluding hydrogens is 256 g/mol. The molecule has 1 N–H and O–H groups in total. The second-order valence-electron chi connectivity index (χ2n) is 4.92. The summed E-state index contributed by atoms with van der Waals surface area (Å²) >= 11 is 1.78. The van der Waals surface area contributed by atoms with Crippen LogP contribution in [-0.4, -0.2) is 30.3 Å². The van der Waals surface area contributed by atoms with E-state index in [0.717, 1.165) is 25.1 Å². The molecule has 0 fully saturated rings. The van der Waals surface area contributed by atoms with E-state index in [1.54, 1.807) is 11.3 Å². The van der Waals surface area contributed by atoms with Gasteiger partial charge in [0.1, 0.15) is 0 Å². The predicted molar refractivity (Wildman–Crippen MR) is 81.9 cm³/mol. The van der Waals surface area contributed by atoms with Gasteiger partial charge >= 0.3 is 0 Å². The van der Waals surface area contributed by atoms with Crippen LogP contribution in [0.1, 0.15) is 25.8 Å². The highest BCUT2D eigenvalue weighted by Crippen LogP contribution is 2.22. The minimum atomic E-state index is 0.275. The third kappa shape index (κ3) is 4.27. The monoisotopic (exact) mass is 278 g/mol. The minimum Gasteiger partial charge on any atom is -0.377 e. The minimum absolute atomic E-state index is 0.275. The zero-order chi connectivity index (χ0) is 13.7. The molecule has 0 radical (unpaired) electrons. The third-order valence-corrected chi connectivity index (χ3v) is 3.94. The standard InChI is InChI=1S/C15H22N2OS/c1-4-16-12(10-18-11(2)3)9-15-17-13-7-5-6-8-14(13)19-15/h5-8,11-12,16H,4,9-10H2,1-3H3. The van der Waals surface area contributed by atoms with Crippen molar-refractivity contribution in [3.63, 3.8) is 0 Å². The Labute approximate surface area is 119 Å². The van der Waals surface area contributed by atoms with Gasteiger partial charge in [-0.1, -0.05) is 19.1 Å². The van der Waals surface area contributed by atoms with E-state index in [1.807, 2.05) is 6.07 Å². The Balaban J connectivity index is 2.02. The van der Waals surface area contributed by atoms with E-state index in [0.29, 0.717) is 6.04 Å². The van der Waals surface area contributed by atoms with Crippen LogP contribution in [-0.2, 0) is 11.2 Å². The van der Waals surface area contributed by atoms with Gasteiger partial charge in [-0.05, 0) is 32.5 Å². The van der Waals surface area contributed by atoms with Crippen molar-refractivity contribution < 1.29 is 4.74 Å². The summed E-state index contributed by atoms with van der Waals surface area (Å²) in [5.74, 6) is 0. The Kier molecular flexibility index (Phi) is 5.31. The summed E-state index contributed by atoms with van der Waals surface area (Å²) in [7, 11) is 0. The number of hydrogen-bond donors (Lipinski definition) is 1. The maximum Gasteiger partial charge on any atom is 0.0955 e. The molecule has 2 aromatic rings. The summed E-state index contributed by atoms with van der Waals surface area (Å²) in [5, 5.41) is 4.65. The molecule has 0 aliphatic carbocycles. The zero-order valence-electron chi connectivity index (χ0n) is 11.8. The number of nitrogens with zero attached hydrogens (tertiary/aromatic N) is 1. The number of ether oxygens (including phenoxy) is 1. The number of aromatic nitrogens is 1. The first-order valence-electron chi connectivity index (χ1n) is 6.88. The first-order chi connectivity index (χ1) is 9.19. The van der Waals surface area contributed by atoms with E-state index in [-0.39, 0.29) is 6.10 Å². The molecule has 0 saturated heterocycles. The summed E-state index contributed by atoms with van der Waals surface area (Å²) in [4.78, 5) is 4.68. The third-order valence-electron chi connectivity index (χ3n) is 2.88. The van der Waals surface area contributed by atoms with Gasteiger partial charge in [0.15, 0.2) is 0 Å². The van der Waals surface area contributed by atoms with Crippen LogP contribution in [0, 0.1) is 0 Å². The van der Waals surface area contributed by atoms with Crippen LogP contribution in [0.5, 0.6) is 0 Å². The van der Waals surface area contributed by atoms with Gasteiger partial charge in [0.25, 0.3) is 0 Å². The molecule has 4 heteroatoms. The molecule has 0 amide bonds. The van der Waals surface area contributed by atoms with E-state index in [4.69, 9.17) is 4.74 Å². The molecule has 19 heavy (non-hydrogen) atoms. The molecule has 0 aliphatic heterocycles. The topological polar surface area (TPSA) is 34.1 Å². The van der Waals surface area contributed by atoms with Crippen molar-refractivity contribution in [2.75, 3.05) is 13.2 Å². The maximum atomic E-state index is 5.72. The number of hydrogen-bond acceptors (Lipinski definition) is 4. The Hall–Kier alpha value is -0.970. The second-order valence-corrected chi connectivity index (χ2v) is 6.03. The number of para-hydroxylation sites is 1. The van der Waals surface area contributed by atoms with Crippen molar-refractivity contribution in [3.8, 4) is 0 Å². The Morgan fingerprint density at radius 1 is 1.32 bits per heavy atom. The molecule has 1 atom stereocenters. The molecule has 1 aromatic heterocycles. The van der Waals surface area contributed by atoms with Crippen molar-refractivity contribution in [2.45, 2.75) is 39.3 Å². The molecule has 0 saturated carbocycles. The Bertz CT molecular complexity index is 477. The lowest BCUT2D eigenvalue weighted by atomic mass is 10.2. The maximum absolute atomic E-state index is 5.72. The number of nitrogens with one attached hydrogen (secondary N) is 1. The smallest absolute Gasteiger partial charge is 0.0955 e. The largest absolute Gasteiger partial charge is 0.377 e. The van der Waals surface area contributed by atoms with Gasteiger partial charge in [-0.25, -0.2) is 4.98 Å². The molecule has 3 nitrogen and oxygen atoms in total. The summed E-state index contributed by atoms with van der Waals surface area (Å²) < 4.78 is 6.98. The SMILES string of the molecule is CCNC(COC(C)C)Cc1nc2ccccc2s1. The van der Waals surface area contributed by atoms with Gasteiger partial charge < -0.3 is 10.1 Å². The molecule has 0 bridgehead atoms. The van der Waals surface area contributed by atoms with Crippen LogP contribution < -0.4 is 5.32 Å². The van der Waals surface area contributed by atoms with Gasteiger partial charge in [0.2, 0.25) is 0 Å². The van der Waals surface area contributed by atoms with Gasteiger partial charge in [-0.15, -0.1) is 11.3 Å². The lowest BCUT2D eigenvalue weighted by Crippen LogP contribution is -2.36. The Morgan fingerprint density at radius 2 is 2.11 bits per heavy atom. The number of fused-ring (bicyclic) bond motifs is 1. The quantitative estimate of drug-likeness (QED) is 0.844. The normalized spacial score (nSPS) is 13.3. The number of benzene rings is 1. The number of likely N-dealkylation sites (N-methyl/N-ethyl adjacent to an activating group) is 1. The average molecular weight is 278 g/mol. The molecule has 1 unspecified atom stereocenters. The summed E-state index contributed by atoms with van der Waals surface area (Å²) in [6.45, 7) is 7.96. The van der Waals surface area contributed by atoms with Crippen molar-refractivity contribution in [1.82, 2.24) is 10.3 Å². The van der Waals surface area contributed by atoms with Crippen LogP contribution in [0.3, 0.4) is 0 Å². The Morgan fingerprint density at radius 3 is 2.79 bits per heavy atom. The first-order valence-corrected chi connectivity index (χ1v) is 7.70. The van der Waals surface area contributed by atoms with Crippen LogP contribution >= 0.6 is 11.3 Å². The molecule has 1 aromatic carbocycles. The highest BCUT2D eigenvalue weighted by molar-refractivity contribution is 7.18. The molecule has 104 valence electrons. The predicted octanol–water partition coefficient (Wildman–Crippen LogP) is 3.24. The lowest BCUT2D eigenvalue weighted by molar-refractivity contribution is 0.0616. The molecule has 1 heterocycles. The highest BCUT2D eigenvalue weighted by Gasteiger charge is 2.12. The summed E-state index contributed by atoms with van der Waals surface area (Å²) in [6.07, 6.45) is 1.21. The van der Waals surface area contributed by atoms with E-state index >= 15 is 0 Å². The fourth-order valence-electron chi connectivity index (χ4n) is 2.01. The van der Waals surface area contributed by atoms with Crippen LogP contribution in [0.4, 0.5) is 0 Å². The van der Waals surface area contributed by atoms with Crippen molar-refractivity contribution in [1.29, 1.82) is 0 Å². The van der Waals surface area contributed by atoms with E-state index < -0.39 is 0 Å². The van der Waals surface area contributed by atoms with Gasteiger partial charge in [-0.3, -0.25) is 0 Å². The van der Waals surface area contributed by atoms with E-state index in [1.165, 1.54) is 9.71 Å². The summed E-state index contributed by atoms with van der Waals surface area (Å²) in [6, 6.07) is 8.64. The zero-order valence-corrected chi connectivity index (χ0v) is 12.7. The molecule has 2 rings (SSSR count). The summed E-state index contributed by atoms with van der Waals surface area (Å²) in [5.41, 5.74) is 1.10. The fraction of sp³-hybridized carbons (Fsp3) is 0.533. The number of thiazole rings is 1. The van der Waals surface area contributed by atoms with Crippen LogP contribution in [0.2, 0.25) is 0 Å². The number of rotatable bonds is 7. The van der Waals surface area contributed by atoms with Crippen LogP contribution in [0.25, 0.3) is 10.2 Å². The average Bonchev–Trinajstić information content (AvgIpc) is 2.78. The van der Waals surface area contributed by atoms with Gasteiger partial charge in [0.05, 0.1) is 27.9 Å². The highest BCUT2D eigenvalue weighted by atomic mass is 32.1. The van der Waals surface area contributed by atoms with Gasteiger partial charge in [0, 0.05) is 12.5 Å². The van der Waals surface area contributed by atoms with Crippen molar-refractivity contribution >= 4 is 21.6 Å².